The Morgan fingerprint density at radius 2 is 1.87 bits per heavy atom. The van der Waals surface area contributed by atoms with Gasteiger partial charge in [-0.05, 0) is 30.7 Å². The van der Waals surface area contributed by atoms with E-state index in [0.29, 0.717) is 10.8 Å². The third-order valence-electron chi connectivity index (χ3n) is 4.40. The molecule has 1 aliphatic heterocycles. The number of carbonyl (C=O) groups excluding carboxylic acids is 1. The van der Waals surface area contributed by atoms with Crippen molar-refractivity contribution in [1.29, 1.82) is 0 Å². The standard InChI is InChI=1S/C14H20N2O6S/c1-13(2)8-9-16(19)14(13,12(17)15-18)23(20,21)11-6-4-10(22-3)5-7-11/h4-7,18-19H,8-9H2,1-3H3,(H,15,17). The van der Waals surface area contributed by atoms with Gasteiger partial charge in [-0.25, -0.2) is 13.9 Å². The van der Waals surface area contributed by atoms with Gasteiger partial charge in [0.25, 0.3) is 5.91 Å². The molecule has 9 heteroatoms. The van der Waals surface area contributed by atoms with Crippen LogP contribution in [0.25, 0.3) is 0 Å². The van der Waals surface area contributed by atoms with Crippen LogP contribution >= 0.6 is 0 Å². The van der Waals surface area contributed by atoms with E-state index in [4.69, 9.17) is 9.94 Å². The molecule has 1 aromatic rings. The minimum absolute atomic E-state index is 0.0181. The van der Waals surface area contributed by atoms with E-state index in [9.17, 15) is 18.4 Å². The minimum atomic E-state index is -4.35. The summed E-state index contributed by atoms with van der Waals surface area (Å²) in [5, 5.41) is 19.8. The molecule has 0 aliphatic carbocycles. The normalized spacial score (nSPS) is 24.4. The van der Waals surface area contributed by atoms with Crippen molar-refractivity contribution < 1.29 is 28.4 Å². The first kappa shape index (κ1) is 17.7. The number of rotatable bonds is 4. The van der Waals surface area contributed by atoms with Gasteiger partial charge in [-0.15, -0.1) is 0 Å². The monoisotopic (exact) mass is 344 g/mol. The predicted molar refractivity (Wildman–Crippen MR) is 79.7 cm³/mol. The highest BCUT2D eigenvalue weighted by atomic mass is 32.2. The van der Waals surface area contributed by atoms with Crippen LogP contribution in [0.4, 0.5) is 0 Å². The molecule has 0 aromatic heterocycles. The molecule has 1 unspecified atom stereocenters. The van der Waals surface area contributed by atoms with Gasteiger partial charge in [0.05, 0.1) is 12.0 Å². The molecule has 1 aromatic carbocycles. The third kappa shape index (κ3) is 2.31. The fourth-order valence-electron chi connectivity index (χ4n) is 3.11. The van der Waals surface area contributed by atoms with E-state index >= 15 is 0 Å². The molecule has 1 aliphatic rings. The zero-order chi connectivity index (χ0) is 17.5. The third-order valence-corrected chi connectivity index (χ3v) is 7.02. The molecule has 0 radical (unpaired) electrons. The zero-order valence-electron chi connectivity index (χ0n) is 13.1. The molecular weight excluding hydrogens is 324 g/mol. The summed E-state index contributed by atoms with van der Waals surface area (Å²) in [6.45, 7) is 3.09. The Balaban J connectivity index is 2.70. The fraction of sp³-hybridized carbons (Fsp3) is 0.500. The summed E-state index contributed by atoms with van der Waals surface area (Å²) in [4.78, 5) is 9.85. The quantitative estimate of drug-likeness (QED) is 0.546. The molecule has 1 fully saturated rings. The number of amides is 1. The summed E-state index contributed by atoms with van der Waals surface area (Å²) in [7, 11) is -2.90. The molecule has 1 saturated heterocycles. The van der Waals surface area contributed by atoms with Crippen LogP contribution < -0.4 is 10.2 Å². The average molecular weight is 344 g/mol. The van der Waals surface area contributed by atoms with Gasteiger partial charge in [0.2, 0.25) is 14.7 Å². The molecular formula is C14H20N2O6S. The van der Waals surface area contributed by atoms with Crippen molar-refractivity contribution in [1.82, 2.24) is 10.5 Å². The topological polar surface area (TPSA) is 116 Å². The van der Waals surface area contributed by atoms with Crippen LogP contribution in [-0.2, 0) is 14.6 Å². The highest BCUT2D eigenvalue weighted by Gasteiger charge is 2.68. The number of nitrogens with one attached hydrogen (secondary N) is 1. The highest BCUT2D eigenvalue weighted by molar-refractivity contribution is 7.93. The van der Waals surface area contributed by atoms with E-state index in [2.05, 4.69) is 0 Å². The Morgan fingerprint density at radius 1 is 1.30 bits per heavy atom. The first-order valence-electron chi connectivity index (χ1n) is 6.95. The number of ether oxygens (including phenoxy) is 1. The number of sulfone groups is 1. The van der Waals surface area contributed by atoms with Gasteiger partial charge in [-0.2, -0.15) is 5.06 Å². The number of carbonyl (C=O) groups is 1. The Bertz CT molecular complexity index is 700. The second-order valence-electron chi connectivity index (χ2n) is 6.02. The van der Waals surface area contributed by atoms with E-state index in [1.807, 2.05) is 0 Å². The average Bonchev–Trinajstić information content (AvgIpc) is 2.77. The van der Waals surface area contributed by atoms with Crippen LogP contribution in [0, 0.1) is 5.41 Å². The first-order valence-corrected chi connectivity index (χ1v) is 8.43. The van der Waals surface area contributed by atoms with Crippen molar-refractivity contribution in [3.63, 3.8) is 0 Å². The van der Waals surface area contributed by atoms with Crippen LogP contribution in [0.2, 0.25) is 0 Å². The second kappa shape index (κ2) is 5.75. The van der Waals surface area contributed by atoms with Gasteiger partial charge < -0.3 is 9.94 Å². The SMILES string of the molecule is COc1ccc(S(=O)(=O)C2(C(=O)NO)N(O)CCC2(C)C)cc1. The van der Waals surface area contributed by atoms with Gasteiger partial charge >= 0.3 is 0 Å². The summed E-state index contributed by atoms with van der Waals surface area (Å²) in [5.74, 6) is -0.741. The number of methoxy groups -OCH3 is 1. The summed E-state index contributed by atoms with van der Waals surface area (Å²) < 4.78 is 31.3. The van der Waals surface area contributed by atoms with Crippen molar-refractivity contribution >= 4 is 15.7 Å². The molecule has 0 bridgehead atoms. The maximum Gasteiger partial charge on any atom is 0.282 e. The van der Waals surface area contributed by atoms with E-state index in [1.165, 1.54) is 36.9 Å². The number of hydroxylamine groups is 3. The molecule has 1 amide bonds. The lowest BCUT2D eigenvalue weighted by Gasteiger charge is -2.40. The predicted octanol–water partition coefficient (Wildman–Crippen LogP) is 0.792. The molecule has 23 heavy (non-hydrogen) atoms. The Labute approximate surface area is 134 Å². The number of hydrogen-bond acceptors (Lipinski definition) is 7. The first-order chi connectivity index (χ1) is 10.6. The Kier molecular flexibility index (Phi) is 4.42. The van der Waals surface area contributed by atoms with Crippen LogP contribution in [0.3, 0.4) is 0 Å². The zero-order valence-corrected chi connectivity index (χ0v) is 13.9. The summed E-state index contributed by atoms with van der Waals surface area (Å²) in [5.41, 5.74) is 0.256. The number of benzene rings is 1. The van der Waals surface area contributed by atoms with Crippen molar-refractivity contribution in [3.05, 3.63) is 24.3 Å². The van der Waals surface area contributed by atoms with E-state index in [1.54, 1.807) is 13.8 Å². The largest absolute Gasteiger partial charge is 0.497 e. The van der Waals surface area contributed by atoms with Gasteiger partial charge in [0.1, 0.15) is 5.75 Å². The van der Waals surface area contributed by atoms with Crippen LogP contribution in [-0.4, -0.2) is 48.3 Å². The Morgan fingerprint density at radius 3 is 2.26 bits per heavy atom. The lowest BCUT2D eigenvalue weighted by atomic mass is 9.84. The van der Waals surface area contributed by atoms with E-state index in [0.717, 1.165) is 0 Å². The maximum absolute atomic E-state index is 13.2. The number of hydrogen-bond donors (Lipinski definition) is 3. The molecule has 128 valence electrons. The van der Waals surface area contributed by atoms with E-state index in [-0.39, 0.29) is 17.9 Å². The fourth-order valence-corrected chi connectivity index (χ4v) is 5.44. The summed E-state index contributed by atoms with van der Waals surface area (Å²) in [6.07, 6.45) is 0.256. The van der Waals surface area contributed by atoms with Gasteiger partial charge in [-0.3, -0.25) is 10.0 Å². The Hall–Kier alpha value is -1.68. The second-order valence-corrected chi connectivity index (χ2v) is 8.09. The van der Waals surface area contributed by atoms with Crippen LogP contribution in [0.15, 0.2) is 29.2 Å². The lowest BCUT2D eigenvalue weighted by Crippen LogP contribution is -2.65. The maximum atomic E-state index is 13.2. The van der Waals surface area contributed by atoms with Gasteiger partial charge in [0, 0.05) is 12.0 Å². The highest BCUT2D eigenvalue weighted by Crippen LogP contribution is 2.50. The molecule has 1 heterocycles. The molecule has 0 saturated carbocycles. The van der Waals surface area contributed by atoms with Crippen molar-refractivity contribution in [3.8, 4) is 5.75 Å². The van der Waals surface area contributed by atoms with Gasteiger partial charge in [-0.1, -0.05) is 13.8 Å². The molecule has 3 N–H and O–H groups in total. The van der Waals surface area contributed by atoms with Crippen LogP contribution in [0.5, 0.6) is 5.75 Å². The molecule has 1 atom stereocenters. The summed E-state index contributed by atoms with van der Waals surface area (Å²) in [6, 6.07) is 5.48. The van der Waals surface area contributed by atoms with Crippen molar-refractivity contribution in [2.24, 2.45) is 5.41 Å². The minimum Gasteiger partial charge on any atom is -0.497 e. The summed E-state index contributed by atoms with van der Waals surface area (Å²) >= 11 is 0. The van der Waals surface area contributed by atoms with Crippen LogP contribution in [0.1, 0.15) is 20.3 Å². The molecule has 0 spiro atoms. The van der Waals surface area contributed by atoms with Gasteiger partial charge in [0.15, 0.2) is 0 Å². The number of nitrogens with zero attached hydrogens (tertiary/aromatic N) is 1. The van der Waals surface area contributed by atoms with Crippen molar-refractivity contribution in [2.45, 2.75) is 30.0 Å². The van der Waals surface area contributed by atoms with E-state index < -0.39 is 26.0 Å². The smallest absolute Gasteiger partial charge is 0.282 e. The molecule has 2 rings (SSSR count). The lowest BCUT2D eigenvalue weighted by molar-refractivity contribution is -0.168. The molecule has 8 nitrogen and oxygen atoms in total. The van der Waals surface area contributed by atoms with Crippen molar-refractivity contribution in [2.75, 3.05) is 13.7 Å².